The van der Waals surface area contributed by atoms with Crippen LogP contribution < -0.4 is 15.1 Å². The van der Waals surface area contributed by atoms with Gasteiger partial charge in [-0.15, -0.1) is 5.10 Å². The van der Waals surface area contributed by atoms with Crippen LogP contribution in [-0.4, -0.2) is 88.4 Å². The van der Waals surface area contributed by atoms with Gasteiger partial charge in [-0.25, -0.2) is 18.9 Å². The number of rotatable bonds is 5. The highest BCUT2D eigenvalue weighted by atomic mass is 19.1. The van der Waals surface area contributed by atoms with Gasteiger partial charge in [-0.1, -0.05) is 18.2 Å². The molecule has 11 heteroatoms. The molecule has 218 valence electrons. The largest absolute Gasteiger partial charge is 0.378 e. The molecule has 0 unspecified atom stereocenters. The van der Waals surface area contributed by atoms with Gasteiger partial charge in [0.2, 0.25) is 5.91 Å². The number of nitrogens with one attached hydrogen (secondary N) is 1. The Morgan fingerprint density at radius 3 is 2.81 bits per heavy atom. The van der Waals surface area contributed by atoms with E-state index in [1.165, 1.54) is 6.07 Å². The molecular weight excluding hydrogens is 535 g/mol. The maximum absolute atomic E-state index is 14.0. The molecule has 1 N–H and O–H groups in total. The fourth-order valence-corrected chi connectivity index (χ4v) is 6.45. The first-order valence-corrected chi connectivity index (χ1v) is 14.8. The summed E-state index contributed by atoms with van der Waals surface area (Å²) in [4.78, 5) is 29.1. The molecule has 1 aromatic carbocycles. The number of hydrogen-bond donors (Lipinski definition) is 1. The minimum absolute atomic E-state index is 0.0481. The summed E-state index contributed by atoms with van der Waals surface area (Å²) in [5, 5.41) is 8.27. The number of hydrogen-bond acceptors (Lipinski definition) is 8. The van der Waals surface area contributed by atoms with Crippen molar-refractivity contribution in [1.29, 1.82) is 0 Å². The topological polar surface area (TPSA) is 91.1 Å². The summed E-state index contributed by atoms with van der Waals surface area (Å²) >= 11 is 0. The molecule has 3 atom stereocenters. The molecule has 0 radical (unpaired) electrons. The second-order valence-electron chi connectivity index (χ2n) is 11.3. The molecule has 0 spiro atoms. The van der Waals surface area contributed by atoms with Crippen LogP contribution in [-0.2, 0) is 9.53 Å². The first-order chi connectivity index (χ1) is 20.5. The molecule has 0 bridgehead atoms. The number of amides is 1. The van der Waals surface area contributed by atoms with E-state index in [1.54, 1.807) is 12.1 Å². The summed E-state index contributed by atoms with van der Waals surface area (Å²) in [5.41, 5.74) is 3.29. The summed E-state index contributed by atoms with van der Waals surface area (Å²) in [5.74, 6) is 1.58. The number of carbonyl (C=O) groups excluding carboxylic acids is 1. The summed E-state index contributed by atoms with van der Waals surface area (Å²) in [6.07, 6.45) is 3.78. The van der Waals surface area contributed by atoms with Gasteiger partial charge in [0, 0.05) is 38.8 Å². The number of benzene rings is 1. The van der Waals surface area contributed by atoms with Crippen molar-refractivity contribution in [1.82, 2.24) is 29.8 Å². The van der Waals surface area contributed by atoms with E-state index in [4.69, 9.17) is 14.8 Å². The lowest BCUT2D eigenvalue weighted by atomic mass is 10.0. The van der Waals surface area contributed by atoms with Crippen LogP contribution in [0.3, 0.4) is 0 Å². The van der Waals surface area contributed by atoms with Gasteiger partial charge in [-0.3, -0.25) is 4.79 Å². The average molecular weight is 571 g/mol. The number of morpholine rings is 1. The zero-order valence-electron chi connectivity index (χ0n) is 23.7. The summed E-state index contributed by atoms with van der Waals surface area (Å²) in [7, 11) is 0. The van der Waals surface area contributed by atoms with Gasteiger partial charge in [-0.05, 0) is 61.7 Å². The molecule has 3 aliphatic rings. The van der Waals surface area contributed by atoms with Gasteiger partial charge in [-0.2, -0.15) is 0 Å². The van der Waals surface area contributed by atoms with Crippen molar-refractivity contribution in [2.45, 2.75) is 37.9 Å². The number of piperazine rings is 1. The molecule has 6 heterocycles. The van der Waals surface area contributed by atoms with Gasteiger partial charge >= 0.3 is 0 Å². The fourth-order valence-electron chi connectivity index (χ4n) is 6.45. The fraction of sp³-hybridized carbons (Fsp3) is 0.419. The number of imidazole rings is 1. The Balaban J connectivity index is 1.12. The third-order valence-corrected chi connectivity index (χ3v) is 8.58. The van der Waals surface area contributed by atoms with E-state index in [1.807, 2.05) is 52.0 Å². The van der Waals surface area contributed by atoms with Crippen LogP contribution in [0.1, 0.15) is 31.4 Å². The van der Waals surface area contributed by atoms with Gasteiger partial charge < -0.3 is 24.8 Å². The van der Waals surface area contributed by atoms with Crippen molar-refractivity contribution in [3.05, 3.63) is 72.2 Å². The summed E-state index contributed by atoms with van der Waals surface area (Å²) in [6.45, 7) is 6.74. The van der Waals surface area contributed by atoms with Crippen molar-refractivity contribution >= 4 is 23.2 Å². The van der Waals surface area contributed by atoms with E-state index in [0.717, 1.165) is 53.6 Å². The van der Waals surface area contributed by atoms with Crippen molar-refractivity contribution in [2.75, 3.05) is 55.7 Å². The molecule has 1 amide bonds. The standard InChI is InChI=1S/C31H35FN8O2/c1-21-19-37(14-15-38(21)31(41)25-20-42-16-12-33-25)29-9-3-7-24(35-29)27-18-34-28-10-11-30(36-40(27)28)39-13-4-8-26(39)22-5-2-6-23(32)17-22/h2-3,5-7,9-11,17-18,21,25-26,33H,4,8,12-16,19-20H2,1H3/t21-,25-,26-/m1/s1. The van der Waals surface area contributed by atoms with E-state index < -0.39 is 0 Å². The van der Waals surface area contributed by atoms with Crippen LogP contribution in [0.5, 0.6) is 0 Å². The summed E-state index contributed by atoms with van der Waals surface area (Å²) in [6, 6.07) is 16.7. The van der Waals surface area contributed by atoms with Crippen molar-refractivity contribution < 1.29 is 13.9 Å². The van der Waals surface area contributed by atoms with Crippen LogP contribution in [0, 0.1) is 5.82 Å². The number of ether oxygens (including phenoxy) is 1. The lowest BCUT2D eigenvalue weighted by Gasteiger charge is -2.42. The Kier molecular flexibility index (Phi) is 7.20. The Morgan fingerprint density at radius 2 is 1.98 bits per heavy atom. The van der Waals surface area contributed by atoms with Crippen molar-refractivity contribution in [2.24, 2.45) is 0 Å². The number of anilines is 2. The zero-order chi connectivity index (χ0) is 28.6. The smallest absolute Gasteiger partial charge is 0.242 e. The highest BCUT2D eigenvalue weighted by Gasteiger charge is 2.33. The highest BCUT2D eigenvalue weighted by Crippen LogP contribution is 2.36. The Bertz CT molecular complexity index is 1590. The van der Waals surface area contributed by atoms with E-state index in [2.05, 4.69) is 27.0 Å². The molecule has 4 aromatic rings. The number of nitrogens with zero attached hydrogens (tertiary/aromatic N) is 7. The molecule has 10 nitrogen and oxygen atoms in total. The van der Waals surface area contributed by atoms with Gasteiger partial charge in [0.1, 0.15) is 29.2 Å². The third-order valence-electron chi connectivity index (χ3n) is 8.58. The molecule has 0 aliphatic carbocycles. The molecule has 3 aromatic heterocycles. The third kappa shape index (κ3) is 5.07. The molecule has 7 rings (SSSR count). The first kappa shape index (κ1) is 26.8. The predicted molar refractivity (Wildman–Crippen MR) is 158 cm³/mol. The maximum Gasteiger partial charge on any atom is 0.242 e. The molecule has 0 saturated carbocycles. The normalized spacial score (nSPS) is 23.1. The quantitative estimate of drug-likeness (QED) is 0.391. The van der Waals surface area contributed by atoms with E-state index in [-0.39, 0.29) is 29.8 Å². The molecule has 42 heavy (non-hydrogen) atoms. The highest BCUT2D eigenvalue weighted by molar-refractivity contribution is 5.82. The van der Waals surface area contributed by atoms with Gasteiger partial charge in [0.05, 0.1) is 31.1 Å². The van der Waals surface area contributed by atoms with Crippen molar-refractivity contribution in [3.8, 4) is 11.4 Å². The number of carbonyl (C=O) groups is 1. The van der Waals surface area contributed by atoms with E-state index in [9.17, 15) is 9.18 Å². The van der Waals surface area contributed by atoms with Crippen LogP contribution in [0.4, 0.5) is 16.0 Å². The van der Waals surface area contributed by atoms with Crippen LogP contribution in [0.2, 0.25) is 0 Å². The van der Waals surface area contributed by atoms with E-state index in [0.29, 0.717) is 39.4 Å². The Morgan fingerprint density at radius 1 is 1.07 bits per heavy atom. The number of fused-ring (bicyclic) bond motifs is 1. The monoisotopic (exact) mass is 570 g/mol. The SMILES string of the molecule is C[C@@H]1CN(c2cccc(-c3cnc4ccc(N5CCC[C@@H]5c5cccc(F)c5)nn34)n2)CCN1C(=O)[C@H]1COCCN1. The first-order valence-electron chi connectivity index (χ1n) is 14.8. The van der Waals surface area contributed by atoms with Crippen molar-refractivity contribution in [3.63, 3.8) is 0 Å². The second-order valence-corrected chi connectivity index (χ2v) is 11.3. The minimum Gasteiger partial charge on any atom is -0.378 e. The molecule has 3 aliphatic heterocycles. The Hall–Kier alpha value is -4.09. The summed E-state index contributed by atoms with van der Waals surface area (Å²) < 4.78 is 21.4. The lowest BCUT2D eigenvalue weighted by molar-refractivity contribution is -0.138. The number of aromatic nitrogens is 4. The average Bonchev–Trinajstić information content (AvgIpc) is 3.69. The predicted octanol–water partition coefficient (Wildman–Crippen LogP) is 3.30. The molecular formula is C31H35FN8O2. The zero-order valence-corrected chi connectivity index (χ0v) is 23.7. The minimum atomic E-state index is -0.272. The second kappa shape index (κ2) is 11.3. The van der Waals surface area contributed by atoms with Crippen LogP contribution in [0.15, 0.2) is 60.8 Å². The van der Waals surface area contributed by atoms with Crippen LogP contribution >= 0.6 is 0 Å². The molecule has 3 fully saturated rings. The Labute approximate surface area is 244 Å². The lowest BCUT2D eigenvalue weighted by Crippen LogP contribution is -2.60. The van der Waals surface area contributed by atoms with Gasteiger partial charge in [0.25, 0.3) is 0 Å². The van der Waals surface area contributed by atoms with E-state index >= 15 is 0 Å². The van der Waals surface area contributed by atoms with Crippen LogP contribution in [0.25, 0.3) is 17.0 Å². The number of pyridine rings is 1. The molecule has 3 saturated heterocycles. The number of halogens is 1. The van der Waals surface area contributed by atoms with Gasteiger partial charge in [0.15, 0.2) is 5.65 Å². The maximum atomic E-state index is 14.0.